The Kier molecular flexibility index (Phi) is 6.00. The molecule has 1 spiro atoms. The van der Waals surface area contributed by atoms with E-state index in [2.05, 4.69) is 24.3 Å². The minimum absolute atomic E-state index is 0.200. The second-order valence-corrected chi connectivity index (χ2v) is 8.53. The van der Waals surface area contributed by atoms with E-state index in [0.717, 1.165) is 48.2 Å². The number of thioether (sulfide) groups is 1. The molecule has 9 heteroatoms. The number of carbonyl (C=O) groups excluding carboxylic acids is 3. The number of nitrogens with one attached hydrogen (secondary N) is 2. The molecule has 0 radical (unpaired) electrons. The predicted molar refractivity (Wildman–Crippen MR) is 113 cm³/mol. The van der Waals surface area contributed by atoms with Crippen LogP contribution in [0.2, 0.25) is 0 Å². The van der Waals surface area contributed by atoms with Gasteiger partial charge in [-0.05, 0) is 38.6 Å². The summed E-state index contributed by atoms with van der Waals surface area (Å²) >= 11 is 1.12. The number of amidine groups is 1. The van der Waals surface area contributed by atoms with Gasteiger partial charge < -0.3 is 15.1 Å². The van der Waals surface area contributed by atoms with Gasteiger partial charge in [-0.15, -0.1) is 5.10 Å². The number of carbonyl (C=O) groups is 3. The third-order valence-corrected chi connectivity index (χ3v) is 6.59. The van der Waals surface area contributed by atoms with Crippen molar-refractivity contribution in [2.45, 2.75) is 39.5 Å². The molecule has 0 aliphatic carbocycles. The SMILES string of the molecule is CC[NH+](CC)CCN1C(=O)[C@@]2(SC(NC(C)=O)=NN2C(C)=O)c2cc(C)ccc21. The van der Waals surface area contributed by atoms with Gasteiger partial charge in [-0.3, -0.25) is 14.4 Å². The molecular formula is C20H28N5O3S+. The highest BCUT2D eigenvalue weighted by Gasteiger charge is 2.61. The maximum atomic E-state index is 13.7. The van der Waals surface area contributed by atoms with Gasteiger partial charge in [0.15, 0.2) is 5.17 Å². The Morgan fingerprint density at radius 2 is 1.93 bits per heavy atom. The molecule has 2 aliphatic heterocycles. The summed E-state index contributed by atoms with van der Waals surface area (Å²) in [4.78, 5) is 39.6. The van der Waals surface area contributed by atoms with Crippen molar-refractivity contribution in [2.24, 2.45) is 5.10 Å². The Morgan fingerprint density at radius 1 is 1.24 bits per heavy atom. The Balaban J connectivity index is 2.05. The van der Waals surface area contributed by atoms with Crippen LogP contribution >= 0.6 is 11.8 Å². The van der Waals surface area contributed by atoms with Crippen molar-refractivity contribution in [1.29, 1.82) is 0 Å². The first-order valence-corrected chi connectivity index (χ1v) is 10.7. The number of fused-ring (bicyclic) bond motifs is 2. The molecule has 0 bridgehead atoms. The fourth-order valence-corrected chi connectivity index (χ4v) is 5.14. The molecule has 0 saturated heterocycles. The molecule has 0 unspecified atom stereocenters. The average molecular weight is 419 g/mol. The van der Waals surface area contributed by atoms with Crippen molar-refractivity contribution in [3.63, 3.8) is 0 Å². The molecule has 2 aliphatic rings. The highest BCUT2D eigenvalue weighted by atomic mass is 32.2. The standard InChI is InChI=1S/C20H27N5O3S/c1-6-23(7-2)10-11-24-17-9-8-13(3)12-16(17)20(18(24)28)25(15(5)27)22-19(29-20)21-14(4)26/h8-9,12H,6-7,10-11H2,1-5H3,(H,21,22,26)/p+1/t20-/m0/s1. The maximum absolute atomic E-state index is 13.7. The van der Waals surface area contributed by atoms with E-state index >= 15 is 0 Å². The lowest BCUT2D eigenvalue weighted by atomic mass is 10.0. The van der Waals surface area contributed by atoms with Gasteiger partial charge in [-0.25, -0.2) is 0 Å². The molecule has 1 aromatic carbocycles. The molecule has 0 fully saturated rings. The first kappa shape index (κ1) is 21.3. The number of likely N-dealkylation sites (N-methyl/N-ethyl adjacent to an activating group) is 1. The van der Waals surface area contributed by atoms with Crippen molar-refractivity contribution < 1.29 is 19.3 Å². The molecule has 29 heavy (non-hydrogen) atoms. The van der Waals surface area contributed by atoms with Crippen LogP contribution in [-0.2, 0) is 19.3 Å². The van der Waals surface area contributed by atoms with E-state index in [1.807, 2.05) is 25.1 Å². The molecule has 1 atom stereocenters. The summed E-state index contributed by atoms with van der Waals surface area (Å²) in [6, 6.07) is 5.84. The highest BCUT2D eigenvalue weighted by Crippen LogP contribution is 2.54. The second-order valence-electron chi connectivity index (χ2n) is 7.35. The summed E-state index contributed by atoms with van der Waals surface area (Å²) in [7, 11) is 0. The number of amides is 3. The highest BCUT2D eigenvalue weighted by molar-refractivity contribution is 8.15. The summed E-state index contributed by atoms with van der Waals surface area (Å²) < 4.78 is 0. The van der Waals surface area contributed by atoms with E-state index in [0.29, 0.717) is 6.54 Å². The molecule has 1 aromatic rings. The third-order valence-electron chi connectivity index (χ3n) is 5.35. The summed E-state index contributed by atoms with van der Waals surface area (Å²) in [5, 5.41) is 8.39. The number of nitrogens with zero attached hydrogens (tertiary/aromatic N) is 3. The van der Waals surface area contributed by atoms with Crippen LogP contribution in [-0.4, -0.2) is 54.1 Å². The van der Waals surface area contributed by atoms with Gasteiger partial charge in [0, 0.05) is 19.4 Å². The quantitative estimate of drug-likeness (QED) is 0.726. The monoisotopic (exact) mass is 418 g/mol. The number of hydrogen-bond donors (Lipinski definition) is 2. The normalized spacial score (nSPS) is 20.5. The zero-order valence-electron chi connectivity index (χ0n) is 17.5. The Hall–Kier alpha value is -2.39. The first-order valence-electron chi connectivity index (χ1n) is 9.87. The van der Waals surface area contributed by atoms with Crippen molar-refractivity contribution in [3.8, 4) is 0 Å². The number of anilines is 1. The summed E-state index contributed by atoms with van der Waals surface area (Å²) in [5.41, 5.74) is 2.52. The molecule has 156 valence electrons. The number of hydrazone groups is 1. The fourth-order valence-electron chi connectivity index (χ4n) is 3.82. The Labute approximate surface area is 175 Å². The smallest absolute Gasteiger partial charge is 0.271 e. The van der Waals surface area contributed by atoms with E-state index in [-0.39, 0.29) is 22.9 Å². The van der Waals surface area contributed by atoms with Crippen LogP contribution in [0.15, 0.2) is 23.3 Å². The van der Waals surface area contributed by atoms with Crippen molar-refractivity contribution >= 4 is 40.3 Å². The zero-order chi connectivity index (χ0) is 21.3. The number of hydrogen-bond acceptors (Lipinski definition) is 5. The van der Waals surface area contributed by atoms with Gasteiger partial charge in [0.2, 0.25) is 16.7 Å². The lowest BCUT2D eigenvalue weighted by molar-refractivity contribution is -0.894. The fraction of sp³-hybridized carbons (Fsp3) is 0.500. The topological polar surface area (TPSA) is 86.5 Å². The van der Waals surface area contributed by atoms with E-state index in [1.54, 1.807) is 4.90 Å². The third kappa shape index (κ3) is 3.64. The molecular weight excluding hydrogens is 390 g/mol. The van der Waals surface area contributed by atoms with E-state index in [1.165, 1.54) is 23.8 Å². The Morgan fingerprint density at radius 3 is 2.52 bits per heavy atom. The van der Waals surface area contributed by atoms with E-state index < -0.39 is 4.87 Å². The van der Waals surface area contributed by atoms with Crippen molar-refractivity contribution in [2.75, 3.05) is 31.1 Å². The molecule has 2 N–H and O–H groups in total. The van der Waals surface area contributed by atoms with Gasteiger partial charge in [-0.2, -0.15) is 5.01 Å². The van der Waals surface area contributed by atoms with Crippen LogP contribution in [0, 0.1) is 6.92 Å². The van der Waals surface area contributed by atoms with Crippen LogP contribution in [0.5, 0.6) is 0 Å². The van der Waals surface area contributed by atoms with Crippen molar-refractivity contribution in [1.82, 2.24) is 10.3 Å². The maximum Gasteiger partial charge on any atom is 0.271 e. The minimum Gasteiger partial charge on any atom is -0.334 e. The lowest BCUT2D eigenvalue weighted by Gasteiger charge is -2.29. The van der Waals surface area contributed by atoms with Gasteiger partial charge >= 0.3 is 0 Å². The average Bonchev–Trinajstić information content (AvgIpc) is 3.14. The van der Waals surface area contributed by atoms with Gasteiger partial charge in [0.1, 0.15) is 0 Å². The molecule has 0 aromatic heterocycles. The van der Waals surface area contributed by atoms with Crippen LogP contribution in [0.4, 0.5) is 5.69 Å². The van der Waals surface area contributed by atoms with Gasteiger partial charge in [0.25, 0.3) is 5.91 Å². The second kappa shape index (κ2) is 8.16. The first-order chi connectivity index (χ1) is 13.7. The lowest BCUT2D eigenvalue weighted by Crippen LogP contribution is -3.12. The molecule has 0 saturated carbocycles. The molecule has 3 rings (SSSR count). The molecule has 3 amide bonds. The Bertz CT molecular complexity index is 883. The van der Waals surface area contributed by atoms with Crippen LogP contribution in [0.1, 0.15) is 38.8 Å². The van der Waals surface area contributed by atoms with Gasteiger partial charge in [-0.1, -0.05) is 17.7 Å². The number of benzene rings is 1. The van der Waals surface area contributed by atoms with E-state index in [9.17, 15) is 14.4 Å². The summed E-state index contributed by atoms with van der Waals surface area (Å²) in [5.74, 6) is -0.850. The summed E-state index contributed by atoms with van der Waals surface area (Å²) in [6.45, 7) is 12.3. The van der Waals surface area contributed by atoms with Crippen LogP contribution < -0.4 is 15.1 Å². The zero-order valence-corrected chi connectivity index (χ0v) is 18.4. The van der Waals surface area contributed by atoms with E-state index in [4.69, 9.17) is 0 Å². The summed E-state index contributed by atoms with van der Waals surface area (Å²) in [6.07, 6.45) is 0. The number of aryl methyl sites for hydroxylation is 1. The number of rotatable bonds is 5. The van der Waals surface area contributed by atoms with Gasteiger partial charge in [0.05, 0.1) is 31.9 Å². The predicted octanol–water partition coefficient (Wildman–Crippen LogP) is 0.422. The molecule has 2 heterocycles. The molecule has 8 nitrogen and oxygen atoms in total. The minimum atomic E-state index is -1.32. The van der Waals surface area contributed by atoms with Crippen LogP contribution in [0.25, 0.3) is 0 Å². The number of quaternary nitrogens is 1. The van der Waals surface area contributed by atoms with Crippen LogP contribution in [0.3, 0.4) is 0 Å². The van der Waals surface area contributed by atoms with Crippen molar-refractivity contribution in [3.05, 3.63) is 29.3 Å². The largest absolute Gasteiger partial charge is 0.334 e.